The lowest BCUT2D eigenvalue weighted by atomic mass is 10.1. The third-order valence-corrected chi connectivity index (χ3v) is 7.10. The van der Waals surface area contributed by atoms with Crippen LogP contribution in [-0.4, -0.2) is 47.6 Å². The molecule has 0 aliphatic carbocycles. The van der Waals surface area contributed by atoms with Crippen LogP contribution in [0.1, 0.15) is 12.0 Å². The van der Waals surface area contributed by atoms with Gasteiger partial charge in [-0.15, -0.1) is 0 Å². The maximum atomic E-state index is 13.3. The molecule has 2 atom stereocenters. The molecule has 1 saturated heterocycles. The fourth-order valence-electron chi connectivity index (χ4n) is 3.72. The second-order valence-electron chi connectivity index (χ2n) is 7.25. The van der Waals surface area contributed by atoms with Gasteiger partial charge in [0.1, 0.15) is 11.8 Å². The van der Waals surface area contributed by atoms with E-state index in [9.17, 15) is 23.4 Å². The van der Waals surface area contributed by atoms with Crippen molar-refractivity contribution in [3.8, 4) is 5.75 Å². The predicted octanol–water partition coefficient (Wildman–Crippen LogP) is 2.98. The van der Waals surface area contributed by atoms with E-state index >= 15 is 0 Å². The number of rotatable bonds is 6. The van der Waals surface area contributed by atoms with Crippen LogP contribution in [0, 0.1) is 0 Å². The van der Waals surface area contributed by atoms with E-state index in [-0.39, 0.29) is 30.2 Å². The summed E-state index contributed by atoms with van der Waals surface area (Å²) in [5.41, 5.74) is 0.921. The molecule has 0 spiro atoms. The minimum absolute atomic E-state index is 0.0565. The van der Waals surface area contributed by atoms with Crippen LogP contribution in [0.3, 0.4) is 0 Å². The van der Waals surface area contributed by atoms with Crippen molar-refractivity contribution in [2.45, 2.75) is 30.1 Å². The molecule has 8 heteroatoms. The van der Waals surface area contributed by atoms with Gasteiger partial charge in [-0.25, -0.2) is 8.42 Å². The zero-order valence-corrected chi connectivity index (χ0v) is 16.8. The number of carbonyl (C=O) groups is 1. The molecule has 3 aromatic rings. The lowest BCUT2D eigenvalue weighted by Crippen LogP contribution is -2.40. The maximum Gasteiger partial charge on any atom is 0.322 e. The van der Waals surface area contributed by atoms with Crippen LogP contribution in [0.2, 0.25) is 0 Å². The number of phenolic OH excluding ortho intramolecular Hbond substituents is 1. The third kappa shape index (κ3) is 3.89. The minimum Gasteiger partial charge on any atom is -0.507 e. The van der Waals surface area contributed by atoms with E-state index in [0.29, 0.717) is 10.8 Å². The van der Waals surface area contributed by atoms with Crippen molar-refractivity contribution in [2.75, 3.05) is 6.54 Å². The second kappa shape index (κ2) is 8.06. The first kappa shape index (κ1) is 20.3. The summed E-state index contributed by atoms with van der Waals surface area (Å²) in [5.74, 6) is -1.40. The molecular formula is C22H21NO6S. The van der Waals surface area contributed by atoms with Crippen LogP contribution in [0.5, 0.6) is 5.75 Å². The number of ether oxygens (including phenoxy) is 1. The van der Waals surface area contributed by atoms with E-state index < -0.39 is 28.1 Å². The quantitative estimate of drug-likeness (QED) is 0.627. The lowest BCUT2D eigenvalue weighted by Gasteiger charge is -2.21. The largest absolute Gasteiger partial charge is 0.507 e. The van der Waals surface area contributed by atoms with Gasteiger partial charge in [0.05, 0.1) is 17.6 Å². The Bertz CT molecular complexity index is 1180. The van der Waals surface area contributed by atoms with E-state index in [2.05, 4.69) is 0 Å². The first-order valence-electron chi connectivity index (χ1n) is 9.48. The average molecular weight is 427 g/mol. The van der Waals surface area contributed by atoms with Gasteiger partial charge in [-0.1, -0.05) is 54.6 Å². The number of fused-ring (bicyclic) bond motifs is 1. The molecule has 3 aromatic carbocycles. The van der Waals surface area contributed by atoms with Gasteiger partial charge in [-0.05, 0) is 17.0 Å². The summed E-state index contributed by atoms with van der Waals surface area (Å²) in [6, 6.07) is 17.6. The van der Waals surface area contributed by atoms with Crippen LogP contribution in [0.25, 0.3) is 10.8 Å². The number of nitrogens with zero attached hydrogens (tertiary/aromatic N) is 1. The molecule has 1 aliphatic heterocycles. The van der Waals surface area contributed by atoms with Crippen LogP contribution in [0.4, 0.5) is 0 Å². The number of hydrogen-bond acceptors (Lipinski definition) is 5. The van der Waals surface area contributed by atoms with Crippen molar-refractivity contribution in [3.05, 3.63) is 72.3 Å². The monoisotopic (exact) mass is 427 g/mol. The minimum atomic E-state index is -4.15. The average Bonchev–Trinajstić information content (AvgIpc) is 3.19. The molecule has 7 nitrogen and oxygen atoms in total. The lowest BCUT2D eigenvalue weighted by molar-refractivity contribution is -0.140. The van der Waals surface area contributed by atoms with Crippen molar-refractivity contribution in [3.63, 3.8) is 0 Å². The first-order chi connectivity index (χ1) is 14.4. The molecule has 4 rings (SSSR count). The van der Waals surface area contributed by atoms with E-state index in [4.69, 9.17) is 4.74 Å². The molecule has 30 heavy (non-hydrogen) atoms. The fourth-order valence-corrected chi connectivity index (χ4v) is 5.40. The molecule has 0 amide bonds. The van der Waals surface area contributed by atoms with Crippen molar-refractivity contribution >= 4 is 26.8 Å². The highest BCUT2D eigenvalue weighted by molar-refractivity contribution is 7.89. The zero-order chi connectivity index (χ0) is 21.3. The summed E-state index contributed by atoms with van der Waals surface area (Å²) in [4.78, 5) is 11.6. The van der Waals surface area contributed by atoms with E-state index in [1.165, 1.54) is 6.07 Å². The van der Waals surface area contributed by atoms with Crippen LogP contribution in [0.15, 0.2) is 71.6 Å². The van der Waals surface area contributed by atoms with E-state index in [1.54, 1.807) is 24.3 Å². The summed E-state index contributed by atoms with van der Waals surface area (Å²) >= 11 is 0. The highest BCUT2D eigenvalue weighted by Crippen LogP contribution is 2.33. The van der Waals surface area contributed by atoms with Crippen molar-refractivity contribution < 1.29 is 28.2 Å². The van der Waals surface area contributed by atoms with Crippen molar-refractivity contribution in [2.24, 2.45) is 0 Å². The van der Waals surface area contributed by atoms with Crippen molar-refractivity contribution in [1.29, 1.82) is 0 Å². The standard InChI is InChI=1S/C22H21NO6S/c24-21-12-18(10-16-8-4-5-9-19(16)21)30(27,28)23-13-17(11-20(23)22(25)26)29-14-15-6-2-1-3-7-15/h1-10,12,17,20,24H,11,13-14H2,(H,25,26). The molecule has 1 aliphatic rings. The van der Waals surface area contributed by atoms with Gasteiger partial charge in [0.15, 0.2) is 0 Å². The van der Waals surface area contributed by atoms with E-state index in [0.717, 1.165) is 15.9 Å². The number of phenols is 1. The van der Waals surface area contributed by atoms with Crippen molar-refractivity contribution in [1.82, 2.24) is 4.31 Å². The second-order valence-corrected chi connectivity index (χ2v) is 9.14. The number of carboxylic acid groups (broad SMARTS) is 1. The molecule has 1 fully saturated rings. The Balaban J connectivity index is 1.61. The Hall–Kier alpha value is -2.94. The third-order valence-electron chi connectivity index (χ3n) is 5.25. The Morgan fingerprint density at radius 3 is 2.50 bits per heavy atom. The molecule has 0 radical (unpaired) electrons. The van der Waals surface area contributed by atoms with Gasteiger partial charge in [0, 0.05) is 24.4 Å². The number of aromatic hydroxyl groups is 1. The maximum absolute atomic E-state index is 13.3. The SMILES string of the molecule is O=C(O)C1CC(OCc2ccccc2)CN1S(=O)(=O)c1cc(O)c2ccccc2c1. The predicted molar refractivity (Wildman–Crippen MR) is 111 cm³/mol. The van der Waals surface area contributed by atoms with Gasteiger partial charge in [-0.2, -0.15) is 4.31 Å². The molecule has 0 bridgehead atoms. The number of aliphatic carboxylic acids is 1. The molecule has 2 N–H and O–H groups in total. The highest BCUT2D eigenvalue weighted by atomic mass is 32.2. The molecule has 0 aromatic heterocycles. The number of benzene rings is 3. The van der Waals surface area contributed by atoms with Gasteiger partial charge >= 0.3 is 5.97 Å². The summed E-state index contributed by atoms with van der Waals surface area (Å²) in [6.07, 6.45) is -0.490. The molecule has 0 saturated carbocycles. The van der Waals surface area contributed by atoms with Crippen LogP contribution >= 0.6 is 0 Å². The molecule has 1 heterocycles. The summed E-state index contributed by atoms with van der Waals surface area (Å²) in [5, 5.41) is 21.0. The Morgan fingerprint density at radius 2 is 1.77 bits per heavy atom. The molecule has 156 valence electrons. The molecule has 2 unspecified atom stereocenters. The normalized spacial score (nSPS) is 19.9. The summed E-state index contributed by atoms with van der Waals surface area (Å²) in [7, 11) is -4.15. The van der Waals surface area contributed by atoms with E-state index in [1.807, 2.05) is 30.3 Å². The smallest absolute Gasteiger partial charge is 0.322 e. The highest BCUT2D eigenvalue weighted by Gasteiger charge is 2.44. The first-order valence-corrected chi connectivity index (χ1v) is 10.9. The van der Waals surface area contributed by atoms with Crippen LogP contribution in [-0.2, 0) is 26.2 Å². The topological polar surface area (TPSA) is 104 Å². The zero-order valence-electron chi connectivity index (χ0n) is 16.0. The summed E-state index contributed by atoms with van der Waals surface area (Å²) in [6.45, 7) is 0.197. The van der Waals surface area contributed by atoms with Gasteiger partial charge in [0.25, 0.3) is 0 Å². The van der Waals surface area contributed by atoms with Gasteiger partial charge < -0.3 is 14.9 Å². The Morgan fingerprint density at radius 1 is 1.07 bits per heavy atom. The number of hydrogen-bond donors (Lipinski definition) is 2. The molecular weight excluding hydrogens is 406 g/mol. The fraction of sp³-hybridized carbons (Fsp3) is 0.227. The van der Waals surface area contributed by atoms with Crippen LogP contribution < -0.4 is 0 Å². The number of sulfonamides is 1. The Labute approximate surface area is 174 Å². The summed E-state index contributed by atoms with van der Waals surface area (Å²) < 4.78 is 33.3. The Kier molecular flexibility index (Phi) is 5.46. The van der Waals surface area contributed by atoms with Gasteiger partial charge in [0.2, 0.25) is 10.0 Å². The van der Waals surface area contributed by atoms with Gasteiger partial charge in [-0.3, -0.25) is 4.79 Å². The number of carboxylic acids is 1.